The quantitative estimate of drug-likeness (QED) is 0.875. The number of carbonyl (C=O) groups is 1. The number of hydrogen-bond donors (Lipinski definition) is 1. The highest BCUT2D eigenvalue weighted by molar-refractivity contribution is 5.88. The lowest BCUT2D eigenvalue weighted by Crippen LogP contribution is -2.34. The fourth-order valence-corrected chi connectivity index (χ4v) is 2.18. The Kier molecular flexibility index (Phi) is 4.63. The minimum absolute atomic E-state index is 0.0138. The number of carbonyl (C=O) groups excluding carboxylic acids is 1. The molecule has 1 aromatic heterocycles. The molecule has 1 amide bonds. The number of furan rings is 1. The van der Waals surface area contributed by atoms with Crippen LogP contribution in [-0.4, -0.2) is 42.7 Å². The molecule has 0 saturated carbocycles. The van der Waals surface area contributed by atoms with Crippen LogP contribution in [0.3, 0.4) is 0 Å². The van der Waals surface area contributed by atoms with Crippen LogP contribution in [0, 0.1) is 0 Å². The molecule has 0 atom stereocenters. The van der Waals surface area contributed by atoms with Crippen molar-refractivity contribution in [2.45, 2.75) is 13.3 Å². The average molecular weight is 277 g/mol. The number of likely N-dealkylation sites (N-methyl/N-ethyl adjacent to an activating group) is 1. The highest BCUT2D eigenvalue weighted by atomic mass is 16.5. The van der Waals surface area contributed by atoms with Gasteiger partial charge in [0.1, 0.15) is 11.3 Å². The molecule has 2 rings (SSSR count). The normalized spacial score (nSPS) is 10.8. The predicted molar refractivity (Wildman–Crippen MR) is 75.8 cm³/mol. The molecule has 0 bridgehead atoms. The number of rotatable bonds is 6. The van der Waals surface area contributed by atoms with Crippen LogP contribution in [0.15, 0.2) is 28.9 Å². The Morgan fingerprint density at radius 2 is 2.25 bits per heavy atom. The summed E-state index contributed by atoms with van der Waals surface area (Å²) >= 11 is 0. The summed E-state index contributed by atoms with van der Waals surface area (Å²) in [6.45, 7) is 2.82. The van der Waals surface area contributed by atoms with Crippen molar-refractivity contribution in [1.82, 2.24) is 4.90 Å². The Morgan fingerprint density at radius 3 is 2.90 bits per heavy atom. The first kappa shape index (κ1) is 14.4. The number of methoxy groups -OCH3 is 1. The largest absolute Gasteiger partial charge is 0.497 e. The monoisotopic (exact) mass is 277 g/mol. The zero-order chi connectivity index (χ0) is 14.5. The van der Waals surface area contributed by atoms with Crippen molar-refractivity contribution in [1.29, 1.82) is 0 Å². The predicted octanol–water partition coefficient (Wildman–Crippen LogP) is 1.82. The summed E-state index contributed by atoms with van der Waals surface area (Å²) in [5.74, 6) is 0.709. The van der Waals surface area contributed by atoms with Gasteiger partial charge in [0.25, 0.3) is 0 Å². The van der Waals surface area contributed by atoms with Crippen LogP contribution in [0.25, 0.3) is 11.0 Å². The van der Waals surface area contributed by atoms with E-state index in [-0.39, 0.29) is 18.9 Å². The molecule has 1 heterocycles. The fraction of sp³-hybridized carbons (Fsp3) is 0.400. The Hall–Kier alpha value is -2.01. The molecule has 1 aromatic carbocycles. The van der Waals surface area contributed by atoms with Crippen molar-refractivity contribution >= 4 is 16.9 Å². The van der Waals surface area contributed by atoms with Gasteiger partial charge in [-0.2, -0.15) is 0 Å². The van der Waals surface area contributed by atoms with Crippen LogP contribution in [0.1, 0.15) is 12.5 Å². The number of hydrogen-bond acceptors (Lipinski definition) is 4. The molecule has 0 fully saturated rings. The van der Waals surface area contributed by atoms with Crippen molar-refractivity contribution in [3.05, 3.63) is 30.0 Å². The average Bonchev–Trinajstić information content (AvgIpc) is 2.86. The molecule has 2 aromatic rings. The van der Waals surface area contributed by atoms with Crippen LogP contribution < -0.4 is 4.74 Å². The highest BCUT2D eigenvalue weighted by Crippen LogP contribution is 2.26. The maximum atomic E-state index is 12.1. The third kappa shape index (κ3) is 2.93. The third-order valence-electron chi connectivity index (χ3n) is 3.31. The van der Waals surface area contributed by atoms with E-state index >= 15 is 0 Å². The van der Waals surface area contributed by atoms with Crippen molar-refractivity contribution in [2.24, 2.45) is 0 Å². The van der Waals surface area contributed by atoms with E-state index in [0.29, 0.717) is 18.7 Å². The molecule has 0 saturated heterocycles. The number of ether oxygens (including phenoxy) is 1. The van der Waals surface area contributed by atoms with Gasteiger partial charge in [0, 0.05) is 30.1 Å². The van der Waals surface area contributed by atoms with Crippen molar-refractivity contribution in [3.63, 3.8) is 0 Å². The van der Waals surface area contributed by atoms with E-state index in [1.807, 2.05) is 19.1 Å². The fourth-order valence-electron chi connectivity index (χ4n) is 2.18. The minimum atomic E-state index is -0.0249. The molecule has 5 heteroatoms. The van der Waals surface area contributed by atoms with Gasteiger partial charge in [-0.15, -0.1) is 0 Å². The van der Waals surface area contributed by atoms with Crippen molar-refractivity contribution < 1.29 is 19.1 Å². The van der Waals surface area contributed by atoms with Crippen molar-refractivity contribution in [2.75, 3.05) is 26.8 Å². The lowest BCUT2D eigenvalue weighted by Gasteiger charge is -2.19. The summed E-state index contributed by atoms with van der Waals surface area (Å²) in [7, 11) is 1.60. The lowest BCUT2D eigenvalue weighted by molar-refractivity contribution is -0.130. The molecule has 0 aliphatic rings. The van der Waals surface area contributed by atoms with Gasteiger partial charge in [0.2, 0.25) is 5.91 Å². The van der Waals surface area contributed by atoms with E-state index in [4.69, 9.17) is 14.3 Å². The minimum Gasteiger partial charge on any atom is -0.497 e. The summed E-state index contributed by atoms with van der Waals surface area (Å²) < 4.78 is 10.6. The van der Waals surface area contributed by atoms with E-state index < -0.39 is 0 Å². The number of aliphatic hydroxyl groups is 1. The summed E-state index contributed by atoms with van der Waals surface area (Å²) in [6.07, 6.45) is 1.88. The van der Waals surface area contributed by atoms with Gasteiger partial charge in [-0.3, -0.25) is 4.79 Å². The Balaban J connectivity index is 2.19. The van der Waals surface area contributed by atoms with E-state index in [0.717, 1.165) is 16.7 Å². The number of aliphatic hydroxyl groups excluding tert-OH is 1. The molecule has 5 nitrogen and oxygen atoms in total. The van der Waals surface area contributed by atoms with Gasteiger partial charge in [-0.1, -0.05) is 0 Å². The second-order valence-corrected chi connectivity index (χ2v) is 4.50. The van der Waals surface area contributed by atoms with Gasteiger partial charge in [-0.05, 0) is 19.1 Å². The molecule has 0 aliphatic heterocycles. The molecular formula is C15H19NO4. The molecule has 1 N–H and O–H groups in total. The van der Waals surface area contributed by atoms with Crippen LogP contribution in [0.4, 0.5) is 0 Å². The van der Waals surface area contributed by atoms with Gasteiger partial charge in [-0.25, -0.2) is 0 Å². The van der Waals surface area contributed by atoms with E-state index in [1.54, 1.807) is 24.3 Å². The highest BCUT2D eigenvalue weighted by Gasteiger charge is 2.15. The maximum Gasteiger partial charge on any atom is 0.227 e. The van der Waals surface area contributed by atoms with Gasteiger partial charge >= 0.3 is 0 Å². The molecule has 20 heavy (non-hydrogen) atoms. The number of amides is 1. The van der Waals surface area contributed by atoms with Gasteiger partial charge < -0.3 is 19.2 Å². The lowest BCUT2D eigenvalue weighted by atomic mass is 10.1. The third-order valence-corrected chi connectivity index (χ3v) is 3.31. The van der Waals surface area contributed by atoms with Crippen LogP contribution in [-0.2, 0) is 11.2 Å². The van der Waals surface area contributed by atoms with Crippen LogP contribution in [0.5, 0.6) is 5.75 Å². The molecule has 0 unspecified atom stereocenters. The van der Waals surface area contributed by atoms with E-state index in [1.165, 1.54) is 0 Å². The van der Waals surface area contributed by atoms with Crippen LogP contribution >= 0.6 is 0 Å². The Morgan fingerprint density at radius 1 is 1.45 bits per heavy atom. The molecule has 0 spiro atoms. The standard InChI is InChI=1S/C15H19NO4/c1-3-16(6-7-17)15(18)8-11-10-20-14-9-12(19-2)4-5-13(11)14/h4-5,9-10,17H,3,6-8H2,1-2H3. The smallest absolute Gasteiger partial charge is 0.227 e. The maximum absolute atomic E-state index is 12.1. The summed E-state index contributed by atoms with van der Waals surface area (Å²) in [5, 5.41) is 9.86. The summed E-state index contributed by atoms with van der Waals surface area (Å²) in [4.78, 5) is 13.8. The van der Waals surface area contributed by atoms with Gasteiger partial charge in [0.05, 0.1) is 26.4 Å². The van der Waals surface area contributed by atoms with Crippen LogP contribution in [0.2, 0.25) is 0 Å². The topological polar surface area (TPSA) is 62.9 Å². The second-order valence-electron chi connectivity index (χ2n) is 4.50. The van der Waals surface area contributed by atoms with Crippen molar-refractivity contribution in [3.8, 4) is 5.75 Å². The first-order valence-electron chi connectivity index (χ1n) is 6.62. The SMILES string of the molecule is CCN(CCO)C(=O)Cc1coc2cc(OC)ccc12. The molecule has 0 radical (unpaired) electrons. The van der Waals surface area contributed by atoms with E-state index in [9.17, 15) is 4.79 Å². The molecule has 108 valence electrons. The molecular weight excluding hydrogens is 258 g/mol. The van der Waals surface area contributed by atoms with Gasteiger partial charge in [0.15, 0.2) is 0 Å². The summed E-state index contributed by atoms with van der Waals surface area (Å²) in [5.41, 5.74) is 1.56. The van der Waals surface area contributed by atoms with E-state index in [2.05, 4.69) is 0 Å². The summed E-state index contributed by atoms with van der Waals surface area (Å²) in [6, 6.07) is 5.54. The second kappa shape index (κ2) is 6.43. The zero-order valence-electron chi connectivity index (χ0n) is 11.8. The first-order valence-corrected chi connectivity index (χ1v) is 6.62. The number of benzene rings is 1. The number of nitrogens with zero attached hydrogens (tertiary/aromatic N) is 1. The first-order chi connectivity index (χ1) is 9.69. The number of fused-ring (bicyclic) bond motifs is 1. The Labute approximate surface area is 117 Å². The zero-order valence-corrected chi connectivity index (χ0v) is 11.8. The molecule has 0 aliphatic carbocycles. The Bertz CT molecular complexity index is 591.